The maximum absolute atomic E-state index is 13.5. The second kappa shape index (κ2) is 9.54. The summed E-state index contributed by atoms with van der Waals surface area (Å²) >= 11 is 0. The van der Waals surface area contributed by atoms with Crippen molar-refractivity contribution in [2.45, 2.75) is 26.0 Å². The Bertz CT molecular complexity index is 630. The van der Waals surface area contributed by atoms with E-state index in [-0.39, 0.29) is 17.7 Å². The highest BCUT2D eigenvalue weighted by Gasteiger charge is 2.08. The summed E-state index contributed by atoms with van der Waals surface area (Å²) in [7, 11) is 1.72. The maximum Gasteiger partial charge on any atom is 0.191 e. The molecule has 1 atom stereocenters. The maximum atomic E-state index is 13.5. The molecule has 130 valence electrons. The molecule has 0 aliphatic rings. The van der Waals surface area contributed by atoms with Crippen molar-refractivity contribution in [2.75, 3.05) is 20.1 Å². The number of aromatic nitrogens is 2. The molecule has 1 unspecified atom stereocenters. The van der Waals surface area contributed by atoms with Crippen molar-refractivity contribution in [1.29, 1.82) is 0 Å². The third kappa shape index (κ3) is 5.91. The van der Waals surface area contributed by atoms with E-state index in [1.807, 2.05) is 17.7 Å². The first-order valence-electron chi connectivity index (χ1n) is 8.00. The van der Waals surface area contributed by atoms with Gasteiger partial charge in [0, 0.05) is 32.5 Å². The molecule has 2 rings (SSSR count). The molecule has 0 fully saturated rings. The van der Waals surface area contributed by atoms with Crippen LogP contribution in [0.2, 0.25) is 0 Å². The van der Waals surface area contributed by atoms with Gasteiger partial charge in [-0.15, -0.1) is 0 Å². The zero-order chi connectivity index (χ0) is 17.2. The fraction of sp³-hybridized carbons (Fsp3) is 0.412. The number of ether oxygens (including phenoxy) is 1. The van der Waals surface area contributed by atoms with Gasteiger partial charge in [-0.1, -0.05) is 12.1 Å². The van der Waals surface area contributed by atoms with E-state index in [0.717, 1.165) is 19.5 Å². The third-order valence-corrected chi connectivity index (χ3v) is 3.39. The second-order valence-electron chi connectivity index (χ2n) is 5.39. The summed E-state index contributed by atoms with van der Waals surface area (Å²) in [5.74, 6) is 0.603. The third-order valence-electron chi connectivity index (χ3n) is 3.39. The van der Waals surface area contributed by atoms with E-state index in [2.05, 4.69) is 20.6 Å². The topological polar surface area (TPSA) is 63.5 Å². The van der Waals surface area contributed by atoms with E-state index in [4.69, 9.17) is 4.74 Å². The molecule has 0 aliphatic carbocycles. The molecule has 2 aromatic rings. The first-order valence-corrected chi connectivity index (χ1v) is 8.00. The Hall–Kier alpha value is -2.57. The SMILES string of the molecule is CN=C(NCCCn1ccnc1)NCC(C)Oc1ccccc1F. The summed E-state index contributed by atoms with van der Waals surface area (Å²) < 4.78 is 21.2. The average molecular weight is 333 g/mol. The highest BCUT2D eigenvalue weighted by molar-refractivity contribution is 5.79. The number of para-hydroxylation sites is 1. The molecular weight excluding hydrogens is 309 g/mol. The van der Waals surface area contributed by atoms with Gasteiger partial charge in [0.15, 0.2) is 17.5 Å². The number of imidazole rings is 1. The summed E-state index contributed by atoms with van der Waals surface area (Å²) in [5, 5.41) is 6.41. The summed E-state index contributed by atoms with van der Waals surface area (Å²) in [6, 6.07) is 6.39. The summed E-state index contributed by atoms with van der Waals surface area (Å²) in [6.07, 6.45) is 6.28. The lowest BCUT2D eigenvalue weighted by molar-refractivity contribution is 0.214. The Morgan fingerprint density at radius 3 is 2.92 bits per heavy atom. The van der Waals surface area contributed by atoms with Gasteiger partial charge in [0.25, 0.3) is 0 Å². The first-order chi connectivity index (χ1) is 11.7. The van der Waals surface area contributed by atoms with Crippen molar-refractivity contribution in [3.05, 3.63) is 48.8 Å². The number of nitrogens with one attached hydrogen (secondary N) is 2. The van der Waals surface area contributed by atoms with Crippen LogP contribution in [-0.2, 0) is 6.54 Å². The van der Waals surface area contributed by atoms with Gasteiger partial charge < -0.3 is 19.9 Å². The van der Waals surface area contributed by atoms with Gasteiger partial charge in [-0.05, 0) is 25.5 Å². The van der Waals surface area contributed by atoms with Crippen LogP contribution in [0.1, 0.15) is 13.3 Å². The highest BCUT2D eigenvalue weighted by atomic mass is 19.1. The fourth-order valence-corrected chi connectivity index (χ4v) is 2.15. The van der Waals surface area contributed by atoms with Crippen molar-refractivity contribution in [3.8, 4) is 5.75 Å². The van der Waals surface area contributed by atoms with E-state index >= 15 is 0 Å². The van der Waals surface area contributed by atoms with E-state index in [1.165, 1.54) is 6.07 Å². The van der Waals surface area contributed by atoms with Crippen molar-refractivity contribution < 1.29 is 9.13 Å². The molecule has 0 saturated carbocycles. The lowest BCUT2D eigenvalue weighted by atomic mass is 10.3. The molecule has 0 radical (unpaired) electrons. The number of benzene rings is 1. The number of guanidine groups is 1. The Morgan fingerprint density at radius 1 is 1.38 bits per heavy atom. The van der Waals surface area contributed by atoms with E-state index in [0.29, 0.717) is 12.5 Å². The van der Waals surface area contributed by atoms with Crippen LogP contribution < -0.4 is 15.4 Å². The summed E-state index contributed by atoms with van der Waals surface area (Å²) in [4.78, 5) is 8.17. The van der Waals surface area contributed by atoms with Crippen LogP contribution in [0.4, 0.5) is 4.39 Å². The van der Waals surface area contributed by atoms with Crippen molar-refractivity contribution in [1.82, 2.24) is 20.2 Å². The van der Waals surface area contributed by atoms with Gasteiger partial charge in [0.1, 0.15) is 6.10 Å². The molecule has 0 saturated heterocycles. The predicted octanol–water partition coefficient (Wildman–Crippen LogP) is 2.04. The summed E-state index contributed by atoms with van der Waals surface area (Å²) in [6.45, 7) is 4.10. The zero-order valence-electron chi connectivity index (χ0n) is 14.1. The van der Waals surface area contributed by atoms with Crippen LogP contribution in [0.3, 0.4) is 0 Å². The monoisotopic (exact) mass is 333 g/mol. The molecule has 7 heteroatoms. The molecule has 0 aliphatic heterocycles. The molecule has 0 amide bonds. The molecule has 0 bridgehead atoms. The molecular formula is C17H24FN5O. The minimum Gasteiger partial charge on any atom is -0.486 e. The zero-order valence-corrected chi connectivity index (χ0v) is 14.1. The smallest absolute Gasteiger partial charge is 0.191 e. The Labute approximate surface area is 141 Å². The average Bonchev–Trinajstić information content (AvgIpc) is 3.10. The molecule has 1 aromatic heterocycles. The summed E-state index contributed by atoms with van der Waals surface area (Å²) in [5.41, 5.74) is 0. The number of aryl methyl sites for hydroxylation is 1. The van der Waals surface area contributed by atoms with Gasteiger partial charge in [0.2, 0.25) is 0 Å². The van der Waals surface area contributed by atoms with Gasteiger partial charge in [-0.3, -0.25) is 4.99 Å². The quantitative estimate of drug-likeness (QED) is 0.441. The molecule has 6 nitrogen and oxygen atoms in total. The van der Waals surface area contributed by atoms with Crippen molar-refractivity contribution in [3.63, 3.8) is 0 Å². The van der Waals surface area contributed by atoms with Gasteiger partial charge in [0.05, 0.1) is 12.9 Å². The fourth-order valence-electron chi connectivity index (χ4n) is 2.15. The minimum atomic E-state index is -0.355. The number of rotatable bonds is 8. The van der Waals surface area contributed by atoms with E-state index in [1.54, 1.807) is 37.8 Å². The lowest BCUT2D eigenvalue weighted by Crippen LogP contribution is -2.42. The van der Waals surface area contributed by atoms with Crippen LogP contribution >= 0.6 is 0 Å². The van der Waals surface area contributed by atoms with Crippen LogP contribution in [-0.4, -0.2) is 41.8 Å². The molecule has 24 heavy (non-hydrogen) atoms. The Morgan fingerprint density at radius 2 is 2.21 bits per heavy atom. The van der Waals surface area contributed by atoms with Crippen LogP contribution in [0.15, 0.2) is 48.0 Å². The number of halogens is 1. The molecule has 1 aromatic carbocycles. The number of hydrogen-bond acceptors (Lipinski definition) is 3. The van der Waals surface area contributed by atoms with Crippen LogP contribution in [0, 0.1) is 5.82 Å². The van der Waals surface area contributed by atoms with Crippen molar-refractivity contribution in [2.24, 2.45) is 4.99 Å². The van der Waals surface area contributed by atoms with E-state index < -0.39 is 0 Å². The molecule has 2 N–H and O–H groups in total. The number of hydrogen-bond donors (Lipinski definition) is 2. The standard InChI is InChI=1S/C17H24FN5O/c1-14(24-16-7-4-3-6-15(16)18)12-22-17(19-2)21-8-5-10-23-11-9-20-13-23/h3-4,6-7,9,11,13-14H,5,8,10,12H2,1-2H3,(H2,19,21,22). The van der Waals surface area contributed by atoms with Crippen LogP contribution in [0.5, 0.6) is 5.75 Å². The normalized spacial score (nSPS) is 12.7. The number of aliphatic imine (C=N–C) groups is 1. The van der Waals surface area contributed by atoms with Gasteiger partial charge in [-0.25, -0.2) is 9.37 Å². The highest BCUT2D eigenvalue weighted by Crippen LogP contribution is 2.16. The van der Waals surface area contributed by atoms with Gasteiger partial charge >= 0.3 is 0 Å². The molecule has 1 heterocycles. The Balaban J connectivity index is 1.66. The van der Waals surface area contributed by atoms with Crippen LogP contribution in [0.25, 0.3) is 0 Å². The van der Waals surface area contributed by atoms with Gasteiger partial charge in [-0.2, -0.15) is 0 Å². The largest absolute Gasteiger partial charge is 0.486 e. The van der Waals surface area contributed by atoms with Crippen molar-refractivity contribution >= 4 is 5.96 Å². The first kappa shape index (κ1) is 17.8. The van der Waals surface area contributed by atoms with E-state index in [9.17, 15) is 4.39 Å². The minimum absolute atomic E-state index is 0.189. The predicted molar refractivity (Wildman–Crippen MR) is 92.7 cm³/mol. The second-order valence-corrected chi connectivity index (χ2v) is 5.39. The Kier molecular flexibility index (Phi) is 7.07. The molecule has 0 spiro atoms. The number of nitrogens with zero attached hydrogens (tertiary/aromatic N) is 3. The lowest BCUT2D eigenvalue weighted by Gasteiger charge is -2.18.